The zero-order chi connectivity index (χ0) is 36.8. The summed E-state index contributed by atoms with van der Waals surface area (Å²) in [5.41, 5.74) is 5.63. The van der Waals surface area contributed by atoms with Gasteiger partial charge in [0.1, 0.15) is 0 Å². The van der Waals surface area contributed by atoms with Gasteiger partial charge in [0, 0.05) is 35.0 Å². The predicted octanol–water partition coefficient (Wildman–Crippen LogP) is 9.63. The fraction of sp³-hybridized carbons (Fsp3) is 0.317. The van der Waals surface area contributed by atoms with Crippen molar-refractivity contribution in [3.8, 4) is 23.0 Å². The minimum Gasteiger partial charge on any atom is -0.493 e. The van der Waals surface area contributed by atoms with Gasteiger partial charge < -0.3 is 34.3 Å². The van der Waals surface area contributed by atoms with Gasteiger partial charge in [0.05, 0.1) is 44.6 Å². The Bertz CT molecular complexity index is 2130. The molecule has 4 aromatic carbocycles. The molecule has 7 nitrogen and oxygen atoms in total. The first kappa shape index (κ1) is 38.2. The van der Waals surface area contributed by atoms with Crippen molar-refractivity contribution in [3.63, 3.8) is 0 Å². The molecule has 11 heteroatoms. The van der Waals surface area contributed by atoms with Crippen molar-refractivity contribution in [1.82, 2.24) is 10.2 Å². The number of rotatable bonds is 11. The first-order valence-corrected chi connectivity index (χ1v) is 19.6. The highest BCUT2D eigenvalue weighted by molar-refractivity contribution is 7.17. The van der Waals surface area contributed by atoms with Crippen LogP contribution in [-0.4, -0.2) is 71.7 Å². The van der Waals surface area contributed by atoms with Gasteiger partial charge in [0.15, 0.2) is 23.0 Å². The van der Waals surface area contributed by atoms with Gasteiger partial charge in [-0.25, -0.2) is 0 Å². The molecule has 1 aliphatic heterocycles. The number of nitrogens with zero attached hydrogens (tertiary/aromatic N) is 1. The maximum absolute atomic E-state index is 10.4. The molecule has 0 amide bonds. The third kappa shape index (κ3) is 8.31. The van der Waals surface area contributed by atoms with Gasteiger partial charge in [-0.15, -0.1) is 22.7 Å². The number of aliphatic hydroxyl groups excluding tert-OH is 1. The van der Waals surface area contributed by atoms with E-state index < -0.39 is 6.10 Å². The van der Waals surface area contributed by atoms with Crippen molar-refractivity contribution in [2.24, 2.45) is 0 Å². The van der Waals surface area contributed by atoms with Crippen LogP contribution in [0.15, 0.2) is 77.5 Å². The largest absolute Gasteiger partial charge is 0.493 e. The number of halogens is 2. The molecule has 274 valence electrons. The molecule has 2 N–H and O–H groups in total. The summed E-state index contributed by atoms with van der Waals surface area (Å²) < 4.78 is 24.2. The van der Waals surface area contributed by atoms with E-state index in [0.717, 1.165) is 37.1 Å². The molecule has 2 aromatic heterocycles. The van der Waals surface area contributed by atoms with E-state index in [0.29, 0.717) is 46.1 Å². The molecule has 2 unspecified atom stereocenters. The summed E-state index contributed by atoms with van der Waals surface area (Å²) in [6.45, 7) is 3.11. The Hall–Kier alpha value is -3.54. The van der Waals surface area contributed by atoms with Crippen molar-refractivity contribution in [3.05, 3.63) is 115 Å². The van der Waals surface area contributed by atoms with E-state index in [1.807, 2.05) is 24.3 Å². The average molecular weight is 780 g/mol. The highest BCUT2D eigenvalue weighted by atomic mass is 35.5. The Morgan fingerprint density at radius 3 is 2.17 bits per heavy atom. The number of likely N-dealkylation sites (N-methyl/N-ethyl adjacent to an activating group) is 1. The number of fused-ring (bicyclic) bond motifs is 3. The lowest BCUT2D eigenvalue weighted by atomic mass is 9.87. The van der Waals surface area contributed by atoms with E-state index in [1.54, 1.807) is 51.1 Å². The van der Waals surface area contributed by atoms with Crippen LogP contribution in [0.2, 0.25) is 10.0 Å². The van der Waals surface area contributed by atoms with Crippen LogP contribution in [0.25, 0.3) is 20.2 Å². The van der Waals surface area contributed by atoms with Crippen LogP contribution in [0.5, 0.6) is 23.0 Å². The second-order valence-corrected chi connectivity index (χ2v) is 15.4. The SMILES string of the molecule is COc1cc2c(c(Cl)c1OC)CCN(C)CC2c1ccc2sccc2c1.COc1ccc(CCNCC(O)c2ccc3sccc3c2)c(Cl)c1OC. The smallest absolute Gasteiger partial charge is 0.179 e. The number of methoxy groups -OCH3 is 4. The van der Waals surface area contributed by atoms with Crippen molar-refractivity contribution in [2.45, 2.75) is 24.9 Å². The molecule has 0 fully saturated rings. The van der Waals surface area contributed by atoms with E-state index in [-0.39, 0.29) is 5.92 Å². The third-order valence-electron chi connectivity index (χ3n) is 9.57. The normalized spacial score (nSPS) is 15.0. The zero-order valence-corrected chi connectivity index (χ0v) is 33.1. The molecule has 0 spiro atoms. The number of benzene rings is 4. The second-order valence-electron chi connectivity index (χ2n) is 12.7. The van der Waals surface area contributed by atoms with Crippen LogP contribution in [0, 0.1) is 0 Å². The number of ether oxygens (including phenoxy) is 4. The van der Waals surface area contributed by atoms with Gasteiger partial charge >= 0.3 is 0 Å². The Morgan fingerprint density at radius 1 is 0.808 bits per heavy atom. The topological polar surface area (TPSA) is 72.4 Å². The molecule has 6 aromatic rings. The Balaban J connectivity index is 0.000000179. The van der Waals surface area contributed by atoms with Gasteiger partial charge in [-0.3, -0.25) is 0 Å². The lowest BCUT2D eigenvalue weighted by Crippen LogP contribution is -2.24. The van der Waals surface area contributed by atoms with E-state index in [1.165, 1.54) is 36.9 Å². The van der Waals surface area contributed by atoms with Gasteiger partial charge in [0.25, 0.3) is 0 Å². The summed E-state index contributed by atoms with van der Waals surface area (Å²) >= 11 is 16.6. The molecule has 0 saturated carbocycles. The highest BCUT2D eigenvalue weighted by Gasteiger charge is 2.28. The maximum atomic E-state index is 10.4. The molecule has 0 aliphatic carbocycles. The molecule has 0 saturated heterocycles. The van der Waals surface area contributed by atoms with Gasteiger partial charge in [-0.1, -0.05) is 41.4 Å². The summed E-state index contributed by atoms with van der Waals surface area (Å²) in [6.07, 6.45) is 1.10. The van der Waals surface area contributed by atoms with Crippen molar-refractivity contribution in [2.75, 3.05) is 61.7 Å². The third-order valence-corrected chi connectivity index (χ3v) is 12.2. The molecular weight excluding hydrogens is 736 g/mol. The van der Waals surface area contributed by atoms with Gasteiger partial charge in [-0.05, 0) is 124 Å². The molecular formula is C41H44Cl2N2O5S2. The van der Waals surface area contributed by atoms with E-state index in [9.17, 15) is 5.11 Å². The lowest BCUT2D eigenvalue weighted by molar-refractivity contribution is 0.175. The summed E-state index contributed by atoms with van der Waals surface area (Å²) in [5, 5.41) is 21.6. The van der Waals surface area contributed by atoms with Gasteiger partial charge in [0.2, 0.25) is 0 Å². The van der Waals surface area contributed by atoms with Crippen LogP contribution in [0.4, 0.5) is 0 Å². The number of hydrogen-bond acceptors (Lipinski definition) is 9. The summed E-state index contributed by atoms with van der Waals surface area (Å²) in [6, 6.07) is 23.0. The Morgan fingerprint density at radius 2 is 1.48 bits per heavy atom. The van der Waals surface area contributed by atoms with Crippen molar-refractivity contribution >= 4 is 66.0 Å². The summed E-state index contributed by atoms with van der Waals surface area (Å²) in [4.78, 5) is 2.37. The Labute approximate surface area is 323 Å². The minimum absolute atomic E-state index is 0.249. The molecule has 3 heterocycles. The molecule has 0 bridgehead atoms. The van der Waals surface area contributed by atoms with E-state index in [2.05, 4.69) is 70.5 Å². The fourth-order valence-electron chi connectivity index (χ4n) is 6.76. The lowest BCUT2D eigenvalue weighted by Gasteiger charge is -2.23. The molecule has 0 radical (unpaired) electrons. The minimum atomic E-state index is -0.542. The summed E-state index contributed by atoms with van der Waals surface area (Å²) in [5.74, 6) is 2.75. The average Bonchev–Trinajstić information content (AvgIpc) is 3.81. The second kappa shape index (κ2) is 17.5. The fourth-order valence-corrected chi connectivity index (χ4v) is 9.00. The quantitative estimate of drug-likeness (QED) is 0.127. The number of thiophene rings is 2. The molecule has 7 rings (SSSR count). The Kier molecular flexibility index (Phi) is 12.9. The predicted molar refractivity (Wildman–Crippen MR) is 217 cm³/mol. The molecule has 1 aliphatic rings. The molecule has 52 heavy (non-hydrogen) atoms. The first-order valence-electron chi connectivity index (χ1n) is 17.1. The first-order chi connectivity index (χ1) is 25.3. The van der Waals surface area contributed by atoms with Gasteiger partial charge in [-0.2, -0.15) is 0 Å². The van der Waals surface area contributed by atoms with Crippen LogP contribution >= 0.6 is 45.9 Å². The van der Waals surface area contributed by atoms with E-state index in [4.69, 9.17) is 42.1 Å². The monoisotopic (exact) mass is 778 g/mol. The summed E-state index contributed by atoms with van der Waals surface area (Å²) in [7, 11) is 8.64. The zero-order valence-electron chi connectivity index (χ0n) is 30.0. The standard InChI is InChI=1S/C21H22ClNO2S.C20H22ClNO3S/c1-23-8-6-15-16(11-18(24-2)21(25-3)20(15)22)17(12-23)13-4-5-19-14(10-13)7-9-26-19;1-24-17-5-3-13(19(21)20(17)25-2)7-9-22-12-16(23)14-4-6-18-15(11-14)8-10-26-18/h4-5,7,9-11,17H,6,8,12H2,1-3H3;3-6,8,10-11,16,22-23H,7,9,12H2,1-2H3. The van der Waals surface area contributed by atoms with Crippen LogP contribution in [-0.2, 0) is 12.8 Å². The van der Waals surface area contributed by atoms with E-state index >= 15 is 0 Å². The van der Waals surface area contributed by atoms with Crippen molar-refractivity contribution in [1.29, 1.82) is 0 Å². The van der Waals surface area contributed by atoms with Crippen LogP contribution in [0.1, 0.15) is 39.8 Å². The maximum Gasteiger partial charge on any atom is 0.179 e. The van der Waals surface area contributed by atoms with Crippen LogP contribution in [0.3, 0.4) is 0 Å². The van der Waals surface area contributed by atoms with Crippen molar-refractivity contribution < 1.29 is 24.1 Å². The number of hydrogen-bond donors (Lipinski definition) is 2. The molecule has 2 atom stereocenters. The van der Waals surface area contributed by atoms with Crippen LogP contribution < -0.4 is 24.3 Å². The number of aliphatic hydroxyl groups is 1. The number of nitrogens with one attached hydrogen (secondary N) is 1. The highest BCUT2D eigenvalue weighted by Crippen LogP contribution is 2.45.